The molecule has 5 heteroatoms. The van der Waals surface area contributed by atoms with Crippen LogP contribution in [0.3, 0.4) is 0 Å². The molecule has 0 aliphatic rings. The minimum Gasteiger partial charge on any atom is -0.508 e. The van der Waals surface area contributed by atoms with Crippen molar-refractivity contribution in [1.29, 1.82) is 0 Å². The van der Waals surface area contributed by atoms with E-state index in [2.05, 4.69) is 4.72 Å². The van der Waals surface area contributed by atoms with Crippen molar-refractivity contribution in [3.63, 3.8) is 0 Å². The van der Waals surface area contributed by atoms with E-state index < -0.39 is 10.0 Å². The summed E-state index contributed by atoms with van der Waals surface area (Å²) in [6, 6.07) is 6.70. The first-order valence-corrected chi connectivity index (χ1v) is 7.59. The van der Waals surface area contributed by atoms with E-state index in [1.54, 1.807) is 24.3 Å². The van der Waals surface area contributed by atoms with Gasteiger partial charge in [0.25, 0.3) is 0 Å². The van der Waals surface area contributed by atoms with Crippen molar-refractivity contribution >= 4 is 10.0 Å². The summed E-state index contributed by atoms with van der Waals surface area (Å²) >= 11 is 0. The van der Waals surface area contributed by atoms with Gasteiger partial charge in [-0.1, -0.05) is 39.0 Å². The van der Waals surface area contributed by atoms with Crippen LogP contribution in [-0.4, -0.2) is 19.3 Å². The van der Waals surface area contributed by atoms with Crippen molar-refractivity contribution < 1.29 is 13.5 Å². The minimum atomic E-state index is -3.29. The molecular formula is C13H21NO3S. The Labute approximate surface area is 109 Å². The molecule has 0 aromatic heterocycles. The number of rotatable bonds is 5. The highest BCUT2D eigenvalue weighted by atomic mass is 32.2. The van der Waals surface area contributed by atoms with Crippen LogP contribution in [0.5, 0.6) is 5.75 Å². The molecule has 0 saturated carbocycles. The fourth-order valence-electron chi connectivity index (χ4n) is 1.36. The fourth-order valence-corrected chi connectivity index (χ4v) is 2.76. The van der Waals surface area contributed by atoms with E-state index in [0.717, 1.165) is 0 Å². The van der Waals surface area contributed by atoms with Crippen LogP contribution in [0.1, 0.15) is 32.8 Å². The van der Waals surface area contributed by atoms with Crippen LogP contribution in [0.2, 0.25) is 0 Å². The van der Waals surface area contributed by atoms with E-state index in [4.69, 9.17) is 0 Å². The third kappa shape index (κ3) is 5.51. The number of para-hydroxylation sites is 1. The van der Waals surface area contributed by atoms with E-state index >= 15 is 0 Å². The van der Waals surface area contributed by atoms with E-state index in [1.807, 2.05) is 20.8 Å². The standard InChI is InChI=1S/C13H21NO3S/c1-13(2,3)8-9-18(16,17)14-10-11-6-4-5-7-12(11)15/h4-7,14-15H,8-10H2,1-3H3. The van der Waals surface area contributed by atoms with Gasteiger partial charge in [0.2, 0.25) is 10.0 Å². The molecule has 0 heterocycles. The van der Waals surface area contributed by atoms with Gasteiger partial charge in [-0.25, -0.2) is 13.1 Å². The van der Waals surface area contributed by atoms with Gasteiger partial charge in [-0.3, -0.25) is 0 Å². The Kier molecular flexibility index (Phi) is 4.76. The molecule has 0 amide bonds. The molecule has 0 saturated heterocycles. The van der Waals surface area contributed by atoms with Crippen LogP contribution in [-0.2, 0) is 16.6 Å². The second-order valence-corrected chi connectivity index (χ2v) is 7.51. The first-order chi connectivity index (χ1) is 8.20. The van der Waals surface area contributed by atoms with Crippen molar-refractivity contribution in [3.8, 4) is 5.75 Å². The summed E-state index contributed by atoms with van der Waals surface area (Å²) < 4.78 is 26.0. The van der Waals surface area contributed by atoms with Crippen LogP contribution < -0.4 is 4.72 Å². The molecule has 0 spiro atoms. The fraction of sp³-hybridized carbons (Fsp3) is 0.538. The Hall–Kier alpha value is -1.07. The summed E-state index contributed by atoms with van der Waals surface area (Å²) in [5.74, 6) is 0.209. The van der Waals surface area contributed by atoms with E-state index in [0.29, 0.717) is 12.0 Å². The summed E-state index contributed by atoms with van der Waals surface area (Å²) in [6.07, 6.45) is 0.600. The molecule has 0 fully saturated rings. The summed E-state index contributed by atoms with van der Waals surface area (Å²) in [5.41, 5.74) is 0.570. The van der Waals surface area contributed by atoms with Gasteiger partial charge < -0.3 is 5.11 Å². The normalized spacial score (nSPS) is 12.6. The lowest BCUT2D eigenvalue weighted by Crippen LogP contribution is -2.28. The number of phenolic OH excluding ortho intramolecular Hbond substituents is 1. The van der Waals surface area contributed by atoms with Gasteiger partial charge in [0, 0.05) is 12.1 Å². The maximum absolute atomic E-state index is 11.8. The molecule has 0 atom stereocenters. The monoisotopic (exact) mass is 271 g/mol. The lowest BCUT2D eigenvalue weighted by molar-refractivity contribution is 0.396. The lowest BCUT2D eigenvalue weighted by Gasteiger charge is -2.18. The van der Waals surface area contributed by atoms with Crippen molar-refractivity contribution in [1.82, 2.24) is 4.72 Å². The van der Waals surface area contributed by atoms with Gasteiger partial charge in [-0.2, -0.15) is 0 Å². The Morgan fingerprint density at radius 1 is 1.22 bits per heavy atom. The van der Waals surface area contributed by atoms with Crippen LogP contribution in [0.25, 0.3) is 0 Å². The SMILES string of the molecule is CC(C)(C)CCS(=O)(=O)NCc1ccccc1O. The summed E-state index contributed by atoms with van der Waals surface area (Å²) in [7, 11) is -3.29. The zero-order chi connectivity index (χ0) is 13.8. The lowest BCUT2D eigenvalue weighted by atomic mass is 9.94. The van der Waals surface area contributed by atoms with E-state index in [1.165, 1.54) is 0 Å². The third-order valence-electron chi connectivity index (χ3n) is 2.59. The highest BCUT2D eigenvalue weighted by molar-refractivity contribution is 7.89. The van der Waals surface area contributed by atoms with Crippen molar-refractivity contribution in [2.24, 2.45) is 5.41 Å². The predicted octanol–water partition coefficient (Wildman–Crippen LogP) is 2.25. The van der Waals surface area contributed by atoms with Gasteiger partial charge in [0.1, 0.15) is 5.75 Å². The zero-order valence-electron chi connectivity index (χ0n) is 11.1. The maximum Gasteiger partial charge on any atom is 0.211 e. The maximum atomic E-state index is 11.8. The van der Waals surface area contributed by atoms with Crippen molar-refractivity contribution in [3.05, 3.63) is 29.8 Å². The van der Waals surface area contributed by atoms with E-state index in [9.17, 15) is 13.5 Å². The number of hydrogen-bond donors (Lipinski definition) is 2. The average molecular weight is 271 g/mol. The van der Waals surface area contributed by atoms with Gasteiger partial charge >= 0.3 is 0 Å². The van der Waals surface area contributed by atoms with Gasteiger partial charge in [0.15, 0.2) is 0 Å². The van der Waals surface area contributed by atoms with E-state index in [-0.39, 0.29) is 23.5 Å². The van der Waals surface area contributed by atoms with Crippen LogP contribution in [0.15, 0.2) is 24.3 Å². The largest absolute Gasteiger partial charge is 0.508 e. The number of benzene rings is 1. The number of aromatic hydroxyl groups is 1. The number of phenols is 1. The summed E-state index contributed by atoms with van der Waals surface area (Å²) in [5, 5.41) is 9.53. The Morgan fingerprint density at radius 2 is 1.83 bits per heavy atom. The van der Waals surface area contributed by atoms with Gasteiger partial charge in [0.05, 0.1) is 5.75 Å². The molecule has 2 N–H and O–H groups in total. The Balaban J connectivity index is 2.55. The molecule has 4 nitrogen and oxygen atoms in total. The number of sulfonamides is 1. The molecule has 1 rings (SSSR count). The molecule has 0 aliphatic carbocycles. The zero-order valence-corrected chi connectivity index (χ0v) is 11.9. The van der Waals surface area contributed by atoms with Crippen molar-refractivity contribution in [2.45, 2.75) is 33.7 Å². The topological polar surface area (TPSA) is 66.4 Å². The second-order valence-electron chi connectivity index (χ2n) is 5.58. The van der Waals surface area contributed by atoms with Gasteiger partial charge in [-0.15, -0.1) is 0 Å². The highest BCUT2D eigenvalue weighted by Gasteiger charge is 2.17. The summed E-state index contributed by atoms with van der Waals surface area (Å²) in [4.78, 5) is 0. The Morgan fingerprint density at radius 3 is 2.39 bits per heavy atom. The highest BCUT2D eigenvalue weighted by Crippen LogP contribution is 2.19. The molecule has 18 heavy (non-hydrogen) atoms. The molecule has 102 valence electrons. The predicted molar refractivity (Wildman–Crippen MR) is 72.8 cm³/mol. The van der Waals surface area contributed by atoms with Crippen LogP contribution >= 0.6 is 0 Å². The van der Waals surface area contributed by atoms with Crippen LogP contribution in [0.4, 0.5) is 0 Å². The quantitative estimate of drug-likeness (QED) is 0.863. The molecule has 0 bridgehead atoms. The second kappa shape index (κ2) is 5.71. The molecule has 1 aromatic rings. The molecule has 0 radical (unpaired) electrons. The third-order valence-corrected chi connectivity index (χ3v) is 3.92. The average Bonchev–Trinajstić information content (AvgIpc) is 2.25. The molecule has 0 aliphatic heterocycles. The first kappa shape index (κ1) is 15.0. The number of nitrogens with one attached hydrogen (secondary N) is 1. The molecule has 0 unspecified atom stereocenters. The Bertz CT molecular complexity index is 489. The summed E-state index contributed by atoms with van der Waals surface area (Å²) in [6.45, 7) is 6.14. The molecular weight excluding hydrogens is 250 g/mol. The molecule has 1 aromatic carbocycles. The smallest absolute Gasteiger partial charge is 0.211 e. The van der Waals surface area contributed by atoms with Crippen LogP contribution in [0, 0.1) is 5.41 Å². The minimum absolute atomic E-state index is 0.0103. The first-order valence-electron chi connectivity index (χ1n) is 5.94. The van der Waals surface area contributed by atoms with Crippen molar-refractivity contribution in [2.75, 3.05) is 5.75 Å². The number of hydrogen-bond acceptors (Lipinski definition) is 3. The van der Waals surface area contributed by atoms with Gasteiger partial charge in [-0.05, 0) is 17.9 Å².